The van der Waals surface area contributed by atoms with E-state index in [4.69, 9.17) is 5.53 Å². The van der Waals surface area contributed by atoms with E-state index in [1.54, 1.807) is 0 Å². The molecule has 3 heteroatoms. The molecule has 1 rings (SSSR count). The maximum Gasteiger partial charge on any atom is 0.0460 e. The summed E-state index contributed by atoms with van der Waals surface area (Å²) >= 11 is 0. The summed E-state index contributed by atoms with van der Waals surface area (Å²) in [5.41, 5.74) is 8.10. The zero-order chi connectivity index (χ0) is 6.74. The molecule has 0 radical (unpaired) electrons. The smallest absolute Gasteiger partial charge is 0.0460 e. The lowest BCUT2D eigenvalue weighted by Crippen LogP contribution is -2.13. The van der Waals surface area contributed by atoms with Crippen molar-refractivity contribution in [3.8, 4) is 0 Å². The Labute approximate surface area is 54.7 Å². The molecule has 0 amide bonds. The lowest BCUT2D eigenvalue weighted by molar-refractivity contribution is 0.485. The van der Waals surface area contributed by atoms with Gasteiger partial charge in [0, 0.05) is 10.5 Å². The summed E-state index contributed by atoms with van der Waals surface area (Å²) in [6.45, 7) is 2.03. The van der Waals surface area contributed by atoms with Crippen LogP contribution in [-0.4, -0.2) is 5.54 Å². The third-order valence-corrected chi connectivity index (χ3v) is 1.97. The van der Waals surface area contributed by atoms with Crippen LogP contribution in [0.2, 0.25) is 0 Å². The molecule has 0 aliphatic heterocycles. The molecule has 1 aliphatic rings. The zero-order valence-electron chi connectivity index (χ0n) is 5.67. The van der Waals surface area contributed by atoms with Crippen LogP contribution >= 0.6 is 0 Å². The van der Waals surface area contributed by atoms with Crippen molar-refractivity contribution >= 4 is 0 Å². The first-order valence-corrected chi connectivity index (χ1v) is 3.33. The highest BCUT2D eigenvalue weighted by Gasteiger charge is 2.26. The first-order valence-electron chi connectivity index (χ1n) is 3.33. The standard InChI is InChI=1S/C6H11N3/c1-6(8-9-7)4-2-3-5-6/h2-5H2,1H3. The lowest BCUT2D eigenvalue weighted by Gasteiger charge is -2.13. The van der Waals surface area contributed by atoms with Crippen molar-refractivity contribution in [3.05, 3.63) is 10.4 Å². The molecule has 0 heterocycles. The summed E-state index contributed by atoms with van der Waals surface area (Å²) < 4.78 is 0. The van der Waals surface area contributed by atoms with Crippen LogP contribution in [0.3, 0.4) is 0 Å². The van der Waals surface area contributed by atoms with E-state index < -0.39 is 0 Å². The van der Waals surface area contributed by atoms with E-state index in [1.807, 2.05) is 6.92 Å². The second-order valence-corrected chi connectivity index (χ2v) is 2.89. The Morgan fingerprint density at radius 1 is 1.44 bits per heavy atom. The lowest BCUT2D eigenvalue weighted by atomic mass is 10.0. The van der Waals surface area contributed by atoms with Gasteiger partial charge in [-0.1, -0.05) is 24.9 Å². The Morgan fingerprint density at radius 2 is 2.00 bits per heavy atom. The van der Waals surface area contributed by atoms with E-state index in [1.165, 1.54) is 12.8 Å². The van der Waals surface area contributed by atoms with Crippen molar-refractivity contribution in [1.29, 1.82) is 0 Å². The molecule has 0 atom stereocenters. The molecule has 1 aliphatic carbocycles. The summed E-state index contributed by atoms with van der Waals surface area (Å²) in [7, 11) is 0. The number of hydrogen-bond acceptors (Lipinski definition) is 1. The van der Waals surface area contributed by atoms with Gasteiger partial charge in [-0.3, -0.25) is 0 Å². The van der Waals surface area contributed by atoms with Gasteiger partial charge in [0.15, 0.2) is 0 Å². The average Bonchev–Trinajstić information content (AvgIpc) is 2.16. The van der Waals surface area contributed by atoms with Gasteiger partial charge in [0.25, 0.3) is 0 Å². The molecule has 1 saturated carbocycles. The summed E-state index contributed by atoms with van der Waals surface area (Å²) in [6, 6.07) is 0. The summed E-state index contributed by atoms with van der Waals surface area (Å²) in [6.07, 6.45) is 4.57. The molecule has 0 bridgehead atoms. The van der Waals surface area contributed by atoms with Gasteiger partial charge in [0.05, 0.1) is 0 Å². The Morgan fingerprint density at radius 3 is 2.44 bits per heavy atom. The van der Waals surface area contributed by atoms with Crippen LogP contribution in [0.5, 0.6) is 0 Å². The van der Waals surface area contributed by atoms with Crippen LogP contribution in [0.4, 0.5) is 0 Å². The van der Waals surface area contributed by atoms with Gasteiger partial charge in [-0.2, -0.15) is 0 Å². The molecular weight excluding hydrogens is 114 g/mol. The first kappa shape index (κ1) is 6.43. The van der Waals surface area contributed by atoms with E-state index in [9.17, 15) is 0 Å². The molecule has 0 aromatic rings. The maximum atomic E-state index is 8.15. The van der Waals surface area contributed by atoms with Crippen LogP contribution in [0.25, 0.3) is 10.4 Å². The van der Waals surface area contributed by atoms with Crippen molar-refractivity contribution in [1.82, 2.24) is 0 Å². The minimum absolute atomic E-state index is 0.0469. The summed E-state index contributed by atoms with van der Waals surface area (Å²) in [5, 5.41) is 3.74. The van der Waals surface area contributed by atoms with Gasteiger partial charge >= 0.3 is 0 Å². The first-order chi connectivity index (χ1) is 4.27. The summed E-state index contributed by atoms with van der Waals surface area (Å²) in [5.74, 6) is 0. The molecule has 0 N–H and O–H groups in total. The molecule has 0 aromatic carbocycles. The van der Waals surface area contributed by atoms with Gasteiger partial charge in [0.1, 0.15) is 0 Å². The van der Waals surface area contributed by atoms with Crippen LogP contribution < -0.4 is 0 Å². The number of nitrogens with zero attached hydrogens (tertiary/aromatic N) is 3. The highest BCUT2D eigenvalue weighted by atomic mass is 15.2. The molecular formula is C6H11N3. The molecule has 0 unspecified atom stereocenters. The van der Waals surface area contributed by atoms with Gasteiger partial charge < -0.3 is 0 Å². The van der Waals surface area contributed by atoms with E-state index in [2.05, 4.69) is 10.0 Å². The minimum atomic E-state index is -0.0469. The van der Waals surface area contributed by atoms with Crippen molar-refractivity contribution in [2.75, 3.05) is 0 Å². The van der Waals surface area contributed by atoms with Gasteiger partial charge in [-0.25, -0.2) is 0 Å². The molecule has 0 spiro atoms. The van der Waals surface area contributed by atoms with Gasteiger partial charge in [-0.05, 0) is 18.4 Å². The Balaban J connectivity index is 2.61. The van der Waals surface area contributed by atoms with E-state index >= 15 is 0 Å². The second-order valence-electron chi connectivity index (χ2n) is 2.89. The van der Waals surface area contributed by atoms with Crippen molar-refractivity contribution in [2.24, 2.45) is 5.11 Å². The third-order valence-electron chi connectivity index (χ3n) is 1.97. The van der Waals surface area contributed by atoms with E-state index in [0.717, 1.165) is 12.8 Å². The highest BCUT2D eigenvalue weighted by Crippen LogP contribution is 2.32. The number of azide groups is 1. The van der Waals surface area contributed by atoms with Crippen LogP contribution in [0.15, 0.2) is 5.11 Å². The number of rotatable bonds is 1. The quantitative estimate of drug-likeness (QED) is 0.294. The van der Waals surface area contributed by atoms with E-state index in [0.29, 0.717) is 0 Å². The fourth-order valence-corrected chi connectivity index (χ4v) is 1.34. The second kappa shape index (κ2) is 2.28. The van der Waals surface area contributed by atoms with Crippen molar-refractivity contribution in [3.63, 3.8) is 0 Å². The molecule has 50 valence electrons. The zero-order valence-corrected chi connectivity index (χ0v) is 5.67. The minimum Gasteiger partial charge on any atom is -0.0876 e. The highest BCUT2D eigenvalue weighted by molar-refractivity contribution is 4.87. The van der Waals surface area contributed by atoms with Crippen molar-refractivity contribution < 1.29 is 0 Å². The Kier molecular flexibility index (Phi) is 1.63. The Hall–Kier alpha value is -0.690. The average molecular weight is 125 g/mol. The largest absolute Gasteiger partial charge is 0.0876 e. The predicted molar refractivity (Wildman–Crippen MR) is 36.0 cm³/mol. The van der Waals surface area contributed by atoms with Crippen LogP contribution in [-0.2, 0) is 0 Å². The fourth-order valence-electron chi connectivity index (χ4n) is 1.34. The van der Waals surface area contributed by atoms with Crippen LogP contribution in [0, 0.1) is 0 Å². The van der Waals surface area contributed by atoms with Gasteiger partial charge in [0.2, 0.25) is 0 Å². The molecule has 3 nitrogen and oxygen atoms in total. The molecule has 0 saturated heterocycles. The SMILES string of the molecule is CC1(N=[N+]=[N-])CCCC1. The topological polar surface area (TPSA) is 48.8 Å². The predicted octanol–water partition coefficient (Wildman–Crippen LogP) is 2.63. The summed E-state index contributed by atoms with van der Waals surface area (Å²) in [4.78, 5) is 2.81. The normalized spacial score (nSPS) is 23.2. The molecule has 1 fully saturated rings. The molecule has 9 heavy (non-hydrogen) atoms. The van der Waals surface area contributed by atoms with Gasteiger partial charge in [-0.15, -0.1) is 0 Å². The van der Waals surface area contributed by atoms with Crippen molar-refractivity contribution in [2.45, 2.75) is 38.1 Å². The Bertz CT molecular complexity index is 140. The fraction of sp³-hybridized carbons (Fsp3) is 1.00. The molecule has 0 aromatic heterocycles. The van der Waals surface area contributed by atoms with Crippen LogP contribution in [0.1, 0.15) is 32.6 Å². The van der Waals surface area contributed by atoms with E-state index in [-0.39, 0.29) is 5.54 Å². The monoisotopic (exact) mass is 125 g/mol. The maximum absolute atomic E-state index is 8.15. The number of hydrogen-bond donors (Lipinski definition) is 0. The third kappa shape index (κ3) is 1.36.